The lowest BCUT2D eigenvalue weighted by molar-refractivity contribution is 1.07. The van der Waals surface area contributed by atoms with Crippen LogP contribution >= 0.6 is 0 Å². The minimum absolute atomic E-state index is 0.535. The third-order valence-electron chi connectivity index (χ3n) is 10.7. The van der Waals surface area contributed by atoms with Crippen molar-refractivity contribution in [3.05, 3.63) is 218 Å². The van der Waals surface area contributed by atoms with E-state index in [1.807, 2.05) is 152 Å². The Morgan fingerprint density at radius 3 is 1.10 bits per heavy atom. The van der Waals surface area contributed by atoms with Gasteiger partial charge in [-0.15, -0.1) is 0 Å². The summed E-state index contributed by atoms with van der Waals surface area (Å²) >= 11 is 0. The van der Waals surface area contributed by atoms with Gasteiger partial charge in [0.2, 0.25) is 0 Å². The first-order valence-corrected chi connectivity index (χ1v) is 20.3. The molecule has 10 rings (SSSR count). The Morgan fingerprint density at radius 2 is 0.581 bits per heavy atom. The third kappa shape index (κ3) is 7.63. The average Bonchev–Trinajstić information content (AvgIpc) is 3.37. The highest BCUT2D eigenvalue weighted by Gasteiger charge is 2.19. The van der Waals surface area contributed by atoms with E-state index in [4.69, 9.17) is 29.9 Å². The molecule has 0 bridgehead atoms. The molecule has 0 radical (unpaired) electrons. The first-order valence-electron chi connectivity index (χ1n) is 20.3. The molecule has 0 amide bonds. The van der Waals surface area contributed by atoms with Gasteiger partial charge in [0.25, 0.3) is 0 Å². The normalized spacial score (nSPS) is 10.9. The van der Waals surface area contributed by atoms with Gasteiger partial charge in [0.05, 0.1) is 11.6 Å². The molecule has 2 aromatic heterocycles. The van der Waals surface area contributed by atoms with E-state index in [2.05, 4.69) is 66.7 Å². The summed E-state index contributed by atoms with van der Waals surface area (Å²) in [6.45, 7) is 0. The Hall–Kier alpha value is -8.73. The summed E-state index contributed by atoms with van der Waals surface area (Å²) in [6.07, 6.45) is 0. The van der Waals surface area contributed by atoms with E-state index >= 15 is 0 Å². The number of benzene rings is 8. The number of nitriles is 1. The van der Waals surface area contributed by atoms with Crippen molar-refractivity contribution in [3.63, 3.8) is 0 Å². The minimum Gasteiger partial charge on any atom is -0.208 e. The maximum absolute atomic E-state index is 9.86. The summed E-state index contributed by atoms with van der Waals surface area (Å²) in [5.41, 5.74) is 11.8. The van der Waals surface area contributed by atoms with Crippen LogP contribution in [0.4, 0.5) is 0 Å². The predicted molar refractivity (Wildman–Crippen MR) is 247 cm³/mol. The molecule has 0 unspecified atom stereocenters. The van der Waals surface area contributed by atoms with Crippen LogP contribution in [0.1, 0.15) is 5.56 Å². The van der Waals surface area contributed by atoms with Crippen LogP contribution in [0.2, 0.25) is 0 Å². The van der Waals surface area contributed by atoms with Crippen molar-refractivity contribution in [2.24, 2.45) is 0 Å². The molecule has 0 fully saturated rings. The van der Waals surface area contributed by atoms with Gasteiger partial charge in [0.15, 0.2) is 34.9 Å². The van der Waals surface area contributed by atoms with Crippen LogP contribution in [0.25, 0.3) is 102 Å². The molecule has 7 nitrogen and oxygen atoms in total. The largest absolute Gasteiger partial charge is 0.208 e. The zero-order valence-corrected chi connectivity index (χ0v) is 33.3. The Balaban J connectivity index is 1.06. The Kier molecular flexibility index (Phi) is 10.2. The highest BCUT2D eigenvalue weighted by molar-refractivity contribution is 5.91. The summed E-state index contributed by atoms with van der Waals surface area (Å²) in [5, 5.41) is 9.86. The summed E-state index contributed by atoms with van der Waals surface area (Å²) in [4.78, 5) is 30.0. The lowest BCUT2D eigenvalue weighted by Crippen LogP contribution is -2.01. The van der Waals surface area contributed by atoms with Gasteiger partial charge < -0.3 is 0 Å². The molecule has 62 heavy (non-hydrogen) atoms. The van der Waals surface area contributed by atoms with E-state index in [1.54, 1.807) is 0 Å². The van der Waals surface area contributed by atoms with Gasteiger partial charge in [-0.2, -0.15) is 5.26 Å². The third-order valence-corrected chi connectivity index (χ3v) is 10.7. The smallest absolute Gasteiger partial charge is 0.164 e. The summed E-state index contributed by atoms with van der Waals surface area (Å²) in [6, 6.07) is 73.0. The van der Waals surface area contributed by atoms with E-state index in [0.717, 1.165) is 66.8 Å². The highest BCUT2D eigenvalue weighted by atomic mass is 15.0. The lowest BCUT2D eigenvalue weighted by Gasteiger charge is -2.15. The van der Waals surface area contributed by atoms with E-state index in [9.17, 15) is 5.26 Å². The van der Waals surface area contributed by atoms with Crippen molar-refractivity contribution >= 4 is 0 Å². The van der Waals surface area contributed by atoms with Gasteiger partial charge in [0.1, 0.15) is 0 Å². The van der Waals surface area contributed by atoms with Crippen molar-refractivity contribution in [3.8, 4) is 108 Å². The van der Waals surface area contributed by atoms with E-state index in [1.165, 1.54) is 0 Å². The topological polar surface area (TPSA) is 101 Å². The first kappa shape index (κ1) is 37.5. The lowest BCUT2D eigenvalue weighted by atomic mass is 9.91. The number of hydrogen-bond acceptors (Lipinski definition) is 7. The fourth-order valence-electron chi connectivity index (χ4n) is 7.62. The fourth-order valence-corrected chi connectivity index (χ4v) is 7.62. The summed E-state index contributed by atoms with van der Waals surface area (Å²) in [5.74, 6) is 3.49. The highest BCUT2D eigenvalue weighted by Crippen LogP contribution is 2.39. The zero-order chi connectivity index (χ0) is 41.7. The van der Waals surface area contributed by atoms with Crippen LogP contribution in [-0.2, 0) is 0 Å². The van der Waals surface area contributed by atoms with Gasteiger partial charge in [0, 0.05) is 33.4 Å². The second-order valence-electron chi connectivity index (χ2n) is 14.6. The van der Waals surface area contributed by atoms with Crippen molar-refractivity contribution in [2.45, 2.75) is 0 Å². The fraction of sp³-hybridized carbons (Fsp3) is 0. The van der Waals surface area contributed by atoms with Crippen LogP contribution in [0, 0.1) is 11.3 Å². The molecule has 0 N–H and O–H groups in total. The number of aromatic nitrogens is 6. The maximum Gasteiger partial charge on any atom is 0.164 e. The van der Waals surface area contributed by atoms with Crippen LogP contribution in [0.3, 0.4) is 0 Å². The Morgan fingerprint density at radius 1 is 0.242 bits per heavy atom. The molecule has 290 valence electrons. The maximum atomic E-state index is 9.86. The van der Waals surface area contributed by atoms with E-state index < -0.39 is 0 Å². The molecule has 0 saturated heterocycles. The molecular weight excluding hydrogens is 759 g/mol. The van der Waals surface area contributed by atoms with E-state index in [0.29, 0.717) is 40.5 Å². The minimum atomic E-state index is 0.535. The van der Waals surface area contributed by atoms with E-state index in [-0.39, 0.29) is 0 Å². The van der Waals surface area contributed by atoms with Crippen molar-refractivity contribution in [2.75, 3.05) is 0 Å². The Bertz CT molecular complexity index is 3180. The molecule has 10 aromatic rings. The van der Waals surface area contributed by atoms with Crippen LogP contribution in [0.15, 0.2) is 212 Å². The van der Waals surface area contributed by atoms with Crippen LogP contribution in [-0.4, -0.2) is 29.9 Å². The second kappa shape index (κ2) is 16.9. The number of rotatable bonds is 9. The van der Waals surface area contributed by atoms with Gasteiger partial charge in [-0.1, -0.05) is 200 Å². The van der Waals surface area contributed by atoms with Crippen LogP contribution < -0.4 is 0 Å². The second-order valence-corrected chi connectivity index (χ2v) is 14.6. The zero-order valence-electron chi connectivity index (χ0n) is 33.3. The van der Waals surface area contributed by atoms with Crippen molar-refractivity contribution in [1.82, 2.24) is 29.9 Å². The van der Waals surface area contributed by atoms with Crippen LogP contribution in [0.5, 0.6) is 0 Å². The SMILES string of the molecule is N#Cc1ccccc1-c1cccc(-c2nc(-c3ccccc3)nc(-c3ccccc3-c3ccccc3-c3ccc(-c4nc(-c5ccccc5)nc(-c5ccccc5)n4)cc3)n2)c1. The van der Waals surface area contributed by atoms with Crippen molar-refractivity contribution in [1.29, 1.82) is 5.26 Å². The monoisotopic (exact) mass is 793 g/mol. The van der Waals surface area contributed by atoms with Gasteiger partial charge in [-0.25, -0.2) is 29.9 Å². The standard InChI is InChI=1S/C55H35N7/c56-36-44-23-10-11-26-45(44)42-24-16-25-43(35-42)54-60-52(40-21-8-3-9-22-40)61-55(62-54)49-30-15-14-29-48(49)47-28-13-12-27-46(47)37-31-33-41(34-32-37)53-58-50(38-17-4-1-5-18-38)57-51(59-53)39-19-6-2-7-20-39/h1-35H. The number of hydrogen-bond donors (Lipinski definition) is 0. The van der Waals surface area contributed by atoms with Gasteiger partial charge >= 0.3 is 0 Å². The number of nitrogens with zero attached hydrogens (tertiary/aromatic N) is 7. The predicted octanol–water partition coefficient (Wildman–Crippen LogP) is 12.9. The molecule has 8 aromatic carbocycles. The molecule has 0 aliphatic heterocycles. The average molecular weight is 794 g/mol. The molecule has 0 atom stereocenters. The molecule has 0 spiro atoms. The van der Waals surface area contributed by atoms with Gasteiger partial charge in [-0.05, 0) is 45.5 Å². The first-order chi connectivity index (χ1) is 30.7. The summed E-state index contributed by atoms with van der Waals surface area (Å²) < 4.78 is 0. The molecule has 0 aliphatic rings. The quantitative estimate of drug-likeness (QED) is 0.143. The molecular formula is C55H35N7. The summed E-state index contributed by atoms with van der Waals surface area (Å²) in [7, 11) is 0. The Labute approximate surface area is 359 Å². The molecule has 0 saturated carbocycles. The molecule has 2 heterocycles. The van der Waals surface area contributed by atoms with Crippen molar-refractivity contribution < 1.29 is 0 Å². The molecule has 0 aliphatic carbocycles. The van der Waals surface area contributed by atoms with Gasteiger partial charge in [-0.3, -0.25) is 0 Å². The molecule has 7 heteroatoms.